The van der Waals surface area contributed by atoms with Crippen molar-refractivity contribution in [1.29, 1.82) is 0 Å². The van der Waals surface area contributed by atoms with Crippen molar-refractivity contribution in [3.63, 3.8) is 0 Å². The van der Waals surface area contributed by atoms with Gasteiger partial charge in [0.15, 0.2) is 0 Å². The smallest absolute Gasteiger partial charge is 0.322 e. The molecule has 0 aliphatic carbocycles. The van der Waals surface area contributed by atoms with Gasteiger partial charge in [0.2, 0.25) is 11.2 Å². The molecule has 2 heterocycles. The van der Waals surface area contributed by atoms with E-state index in [0.717, 1.165) is 19.5 Å². The minimum Gasteiger partial charge on any atom is -0.461 e. The summed E-state index contributed by atoms with van der Waals surface area (Å²) in [5, 5.41) is 3.22. The molecular formula is C12H17ClN6O. The fraction of sp³-hybridized carbons (Fsp3) is 0.500. The predicted octanol–water partition coefficient (Wildman–Crippen LogP) is 2.01. The Morgan fingerprint density at radius 1 is 1.35 bits per heavy atom. The average molecular weight is 297 g/mol. The fourth-order valence-electron chi connectivity index (χ4n) is 1.56. The van der Waals surface area contributed by atoms with Crippen LogP contribution in [-0.4, -0.2) is 37.2 Å². The van der Waals surface area contributed by atoms with Crippen LogP contribution in [0.3, 0.4) is 0 Å². The van der Waals surface area contributed by atoms with Crippen molar-refractivity contribution >= 4 is 17.5 Å². The van der Waals surface area contributed by atoms with E-state index < -0.39 is 0 Å². The first-order valence-corrected chi connectivity index (χ1v) is 6.79. The highest BCUT2D eigenvalue weighted by Gasteiger charge is 2.07. The van der Waals surface area contributed by atoms with Crippen LogP contribution in [0.25, 0.3) is 0 Å². The van der Waals surface area contributed by atoms with Crippen molar-refractivity contribution in [1.82, 2.24) is 24.5 Å². The number of halogens is 1. The standard InChI is InChI=1S/C12H17ClN6O/c1-9(2)20-12-17-10(13)16-11(18-12)15-4-3-6-19-7-5-14-8-19/h5,7-9H,3-4,6H2,1-2H3,(H,15,16,17,18). The van der Waals surface area contributed by atoms with Gasteiger partial charge in [-0.1, -0.05) is 0 Å². The Morgan fingerprint density at radius 3 is 2.90 bits per heavy atom. The summed E-state index contributed by atoms with van der Waals surface area (Å²) in [6, 6.07) is 0.233. The van der Waals surface area contributed by atoms with Crippen molar-refractivity contribution in [3.05, 3.63) is 24.0 Å². The molecule has 2 rings (SSSR count). The zero-order chi connectivity index (χ0) is 14.4. The zero-order valence-corrected chi connectivity index (χ0v) is 12.2. The average Bonchev–Trinajstić information content (AvgIpc) is 2.86. The Labute approximate surface area is 122 Å². The molecule has 2 aromatic rings. The number of hydrogen-bond acceptors (Lipinski definition) is 6. The number of nitrogens with zero attached hydrogens (tertiary/aromatic N) is 5. The normalized spacial score (nSPS) is 10.8. The van der Waals surface area contributed by atoms with Gasteiger partial charge in [0, 0.05) is 25.5 Å². The van der Waals surface area contributed by atoms with Gasteiger partial charge in [0.1, 0.15) is 0 Å². The maximum absolute atomic E-state index is 5.83. The number of anilines is 1. The Bertz CT molecular complexity index is 531. The van der Waals surface area contributed by atoms with Crippen molar-refractivity contribution in [3.8, 4) is 6.01 Å². The monoisotopic (exact) mass is 296 g/mol. The summed E-state index contributed by atoms with van der Waals surface area (Å²) in [7, 11) is 0. The van der Waals surface area contributed by atoms with Crippen LogP contribution in [0.2, 0.25) is 5.28 Å². The number of rotatable bonds is 7. The first-order valence-electron chi connectivity index (χ1n) is 6.41. The first-order chi connectivity index (χ1) is 9.63. The Morgan fingerprint density at radius 2 is 2.20 bits per heavy atom. The lowest BCUT2D eigenvalue weighted by atomic mass is 10.4. The maximum Gasteiger partial charge on any atom is 0.322 e. The van der Waals surface area contributed by atoms with Gasteiger partial charge in [0.25, 0.3) is 0 Å². The second-order valence-electron chi connectivity index (χ2n) is 4.46. The van der Waals surface area contributed by atoms with Gasteiger partial charge in [-0.15, -0.1) is 0 Å². The molecule has 0 atom stereocenters. The third-order valence-corrected chi connectivity index (χ3v) is 2.53. The van der Waals surface area contributed by atoms with E-state index in [1.807, 2.05) is 24.6 Å². The predicted molar refractivity (Wildman–Crippen MR) is 75.9 cm³/mol. The number of hydrogen-bond donors (Lipinski definition) is 1. The minimum atomic E-state index is -0.0115. The summed E-state index contributed by atoms with van der Waals surface area (Å²) in [5.41, 5.74) is 0. The van der Waals surface area contributed by atoms with Gasteiger partial charge >= 0.3 is 6.01 Å². The molecular weight excluding hydrogens is 280 g/mol. The van der Waals surface area contributed by atoms with E-state index in [0.29, 0.717) is 5.95 Å². The highest BCUT2D eigenvalue weighted by molar-refractivity contribution is 6.28. The lowest BCUT2D eigenvalue weighted by molar-refractivity contribution is 0.222. The molecule has 7 nitrogen and oxygen atoms in total. The summed E-state index contributed by atoms with van der Waals surface area (Å²) < 4.78 is 7.41. The van der Waals surface area contributed by atoms with Gasteiger partial charge in [-0.25, -0.2) is 4.98 Å². The van der Waals surface area contributed by atoms with Crippen LogP contribution >= 0.6 is 11.6 Å². The molecule has 0 aliphatic rings. The Hall–Kier alpha value is -1.89. The van der Waals surface area contributed by atoms with E-state index in [4.69, 9.17) is 16.3 Å². The van der Waals surface area contributed by atoms with Gasteiger partial charge in [-0.3, -0.25) is 0 Å². The molecule has 0 aromatic carbocycles. The highest BCUT2D eigenvalue weighted by Crippen LogP contribution is 2.12. The van der Waals surface area contributed by atoms with Crippen LogP contribution in [-0.2, 0) is 6.54 Å². The van der Waals surface area contributed by atoms with Crippen molar-refractivity contribution in [2.75, 3.05) is 11.9 Å². The molecule has 0 fully saturated rings. The van der Waals surface area contributed by atoms with Crippen LogP contribution in [0.1, 0.15) is 20.3 Å². The first kappa shape index (κ1) is 14.5. The summed E-state index contributed by atoms with van der Waals surface area (Å²) in [5.74, 6) is 0.422. The Kier molecular flexibility index (Phi) is 5.11. The van der Waals surface area contributed by atoms with E-state index in [2.05, 4.69) is 25.3 Å². The van der Waals surface area contributed by atoms with E-state index in [-0.39, 0.29) is 17.4 Å². The number of nitrogens with one attached hydrogen (secondary N) is 1. The van der Waals surface area contributed by atoms with E-state index in [1.165, 1.54) is 0 Å². The lowest BCUT2D eigenvalue weighted by Gasteiger charge is -2.09. The maximum atomic E-state index is 5.83. The van der Waals surface area contributed by atoms with Gasteiger partial charge < -0.3 is 14.6 Å². The molecule has 2 aromatic heterocycles. The topological polar surface area (TPSA) is 77.8 Å². The molecule has 108 valence electrons. The second kappa shape index (κ2) is 7.04. The van der Waals surface area contributed by atoms with E-state index in [1.54, 1.807) is 12.5 Å². The van der Waals surface area contributed by atoms with Gasteiger partial charge in [0.05, 0.1) is 12.4 Å². The third kappa shape index (κ3) is 4.65. The van der Waals surface area contributed by atoms with E-state index in [9.17, 15) is 0 Å². The number of aromatic nitrogens is 5. The summed E-state index contributed by atoms with van der Waals surface area (Å²) in [6.45, 7) is 5.40. The molecule has 0 unspecified atom stereocenters. The van der Waals surface area contributed by atoms with Gasteiger partial charge in [-0.05, 0) is 31.9 Å². The van der Waals surface area contributed by atoms with Gasteiger partial charge in [-0.2, -0.15) is 15.0 Å². The van der Waals surface area contributed by atoms with Crippen LogP contribution in [0, 0.1) is 0 Å². The molecule has 0 bridgehead atoms. The number of imidazole rings is 1. The summed E-state index contributed by atoms with van der Waals surface area (Å²) in [6.07, 6.45) is 6.37. The van der Waals surface area contributed by atoms with Crippen LogP contribution in [0.5, 0.6) is 6.01 Å². The van der Waals surface area contributed by atoms with Crippen molar-refractivity contribution < 1.29 is 4.74 Å². The molecule has 0 radical (unpaired) electrons. The summed E-state index contributed by atoms with van der Waals surface area (Å²) >= 11 is 5.83. The van der Waals surface area contributed by atoms with Crippen molar-refractivity contribution in [2.45, 2.75) is 32.9 Å². The second-order valence-corrected chi connectivity index (χ2v) is 4.80. The fourth-order valence-corrected chi connectivity index (χ4v) is 1.71. The van der Waals surface area contributed by atoms with Crippen molar-refractivity contribution in [2.24, 2.45) is 0 Å². The molecule has 0 saturated carbocycles. The highest BCUT2D eigenvalue weighted by atomic mass is 35.5. The van der Waals surface area contributed by atoms with Crippen LogP contribution < -0.4 is 10.1 Å². The number of ether oxygens (including phenoxy) is 1. The zero-order valence-electron chi connectivity index (χ0n) is 11.5. The summed E-state index contributed by atoms with van der Waals surface area (Å²) in [4.78, 5) is 16.1. The molecule has 0 aliphatic heterocycles. The molecule has 20 heavy (non-hydrogen) atoms. The minimum absolute atomic E-state index is 0.0115. The SMILES string of the molecule is CC(C)Oc1nc(Cl)nc(NCCCn2ccnc2)n1. The molecule has 0 amide bonds. The molecule has 0 saturated heterocycles. The molecule has 8 heteroatoms. The Balaban J connectivity index is 1.84. The number of aryl methyl sites for hydroxylation is 1. The van der Waals surface area contributed by atoms with E-state index >= 15 is 0 Å². The van der Waals surface area contributed by atoms with Crippen LogP contribution in [0.15, 0.2) is 18.7 Å². The lowest BCUT2D eigenvalue weighted by Crippen LogP contribution is -2.12. The third-order valence-electron chi connectivity index (χ3n) is 2.36. The molecule has 1 N–H and O–H groups in total. The van der Waals surface area contributed by atoms with Crippen LogP contribution in [0.4, 0.5) is 5.95 Å². The largest absolute Gasteiger partial charge is 0.461 e. The quantitative estimate of drug-likeness (QED) is 0.788. The molecule has 0 spiro atoms.